The number of hydrogen-bond acceptors (Lipinski definition) is 11. The van der Waals surface area contributed by atoms with Crippen molar-refractivity contribution in [2.45, 2.75) is 268 Å². The highest BCUT2D eigenvalue weighted by atomic mass is 32.3. The van der Waals surface area contributed by atoms with Crippen LogP contribution in [0.5, 0.6) is 0 Å². The minimum absolute atomic E-state index is 0.237. The molecule has 0 saturated carbocycles. The fraction of sp³-hybridized carbons (Fsp3) is 0.898. The topological polar surface area (TPSA) is 212 Å². The average Bonchev–Trinajstić information content (AvgIpc) is 3.25. The molecule has 63 heavy (non-hydrogen) atoms. The summed E-state index contributed by atoms with van der Waals surface area (Å²) in [6.07, 6.45) is 34.0. The molecule has 13 nitrogen and oxygen atoms in total. The van der Waals surface area contributed by atoms with E-state index in [9.17, 15) is 43.3 Å². The Hall–Kier alpha value is -1.46. The third kappa shape index (κ3) is 32.0. The van der Waals surface area contributed by atoms with Gasteiger partial charge in [-0.25, -0.2) is 4.18 Å². The van der Waals surface area contributed by atoms with Crippen molar-refractivity contribution in [3.63, 3.8) is 0 Å². The first-order valence-electron chi connectivity index (χ1n) is 25.3. The Kier molecular flexibility index (Phi) is 37.5. The highest BCUT2D eigenvalue weighted by molar-refractivity contribution is 7.80. The van der Waals surface area contributed by atoms with Gasteiger partial charge in [0.15, 0.2) is 6.29 Å². The predicted molar refractivity (Wildman–Crippen MR) is 251 cm³/mol. The van der Waals surface area contributed by atoms with Crippen molar-refractivity contribution >= 4 is 16.3 Å². The molecule has 0 aromatic carbocycles. The zero-order valence-corrected chi connectivity index (χ0v) is 40.3. The van der Waals surface area contributed by atoms with Gasteiger partial charge in [-0.05, 0) is 44.9 Å². The van der Waals surface area contributed by atoms with Gasteiger partial charge >= 0.3 is 10.4 Å². The summed E-state index contributed by atoms with van der Waals surface area (Å²) in [5.41, 5.74) is 0. The molecule has 0 spiro atoms. The number of carbonyl (C=O) groups excluding carboxylic acids is 1. The number of nitrogens with one attached hydrogen (secondary N) is 1. The van der Waals surface area contributed by atoms with Crippen LogP contribution in [0, 0.1) is 0 Å². The van der Waals surface area contributed by atoms with E-state index in [0.29, 0.717) is 12.8 Å². The fourth-order valence-corrected chi connectivity index (χ4v) is 8.55. The maximum Gasteiger partial charge on any atom is 0.397 e. The molecule has 0 aliphatic carbocycles. The van der Waals surface area contributed by atoms with Gasteiger partial charge in [0.1, 0.15) is 30.5 Å². The standard InChI is InChI=1S/C49H93NO12S/c1-3-5-7-9-11-13-15-17-19-20-21-22-23-24-26-28-30-32-34-36-38-43(53)48(56)50-41(40-60-49-46(55)47(62-63(57,58)59)45(54)44(39-51)61-49)42(52)37-35-33-31-29-27-25-18-16-14-12-10-8-6-4-2/h22-23,35,37,41-47,49,51-55H,3-21,24-34,36,38-40H2,1-2H3,(H,50,56)(H,57,58,59)/b23-22-,37-35+. The first-order chi connectivity index (χ1) is 30.4. The molecule has 0 bridgehead atoms. The number of aliphatic hydroxyl groups excluding tert-OH is 5. The monoisotopic (exact) mass is 920 g/mol. The normalized spacial score (nSPS) is 21.0. The molecule has 1 aliphatic rings. The first-order valence-corrected chi connectivity index (χ1v) is 26.7. The second-order valence-electron chi connectivity index (χ2n) is 17.9. The van der Waals surface area contributed by atoms with Crippen LogP contribution in [0.2, 0.25) is 0 Å². The largest absolute Gasteiger partial charge is 0.397 e. The lowest BCUT2D eigenvalue weighted by atomic mass is 9.99. The Balaban J connectivity index is 2.51. The number of allylic oxidation sites excluding steroid dienone is 3. The number of unbranched alkanes of at least 4 members (excludes halogenated alkanes) is 28. The molecule has 14 heteroatoms. The molecule has 1 heterocycles. The summed E-state index contributed by atoms with van der Waals surface area (Å²) in [6, 6.07) is -1.12. The van der Waals surface area contributed by atoms with Crippen LogP contribution in [-0.2, 0) is 28.9 Å². The predicted octanol–water partition coefficient (Wildman–Crippen LogP) is 9.47. The minimum Gasteiger partial charge on any atom is -0.394 e. The Morgan fingerprint density at radius 3 is 1.48 bits per heavy atom. The summed E-state index contributed by atoms with van der Waals surface area (Å²) in [5.74, 6) is -0.706. The molecule has 0 aromatic rings. The minimum atomic E-state index is -5.12. The Morgan fingerprint density at radius 2 is 1.05 bits per heavy atom. The molecular formula is C49H93NO12S. The van der Waals surface area contributed by atoms with Crippen molar-refractivity contribution in [3.05, 3.63) is 24.3 Å². The molecule has 0 radical (unpaired) electrons. The van der Waals surface area contributed by atoms with Crippen LogP contribution in [0.25, 0.3) is 0 Å². The smallest absolute Gasteiger partial charge is 0.394 e. The zero-order valence-electron chi connectivity index (χ0n) is 39.5. The van der Waals surface area contributed by atoms with Gasteiger partial charge in [0.25, 0.3) is 0 Å². The van der Waals surface area contributed by atoms with Crippen LogP contribution in [0.4, 0.5) is 0 Å². The van der Waals surface area contributed by atoms with E-state index < -0.39 is 78.5 Å². The molecule has 7 N–H and O–H groups in total. The molecule has 1 rings (SSSR count). The fourth-order valence-electron chi connectivity index (χ4n) is 8.04. The lowest BCUT2D eigenvalue weighted by molar-refractivity contribution is -0.298. The highest BCUT2D eigenvalue weighted by Crippen LogP contribution is 2.26. The van der Waals surface area contributed by atoms with Crippen LogP contribution in [0.3, 0.4) is 0 Å². The summed E-state index contributed by atoms with van der Waals surface area (Å²) in [6.45, 7) is 3.23. The van der Waals surface area contributed by atoms with Crippen LogP contribution in [0.15, 0.2) is 24.3 Å². The Morgan fingerprint density at radius 1 is 0.635 bits per heavy atom. The van der Waals surface area contributed by atoms with Gasteiger partial charge in [0, 0.05) is 0 Å². The van der Waals surface area contributed by atoms with Crippen molar-refractivity contribution in [2.75, 3.05) is 13.2 Å². The van der Waals surface area contributed by atoms with Gasteiger partial charge in [-0.1, -0.05) is 199 Å². The van der Waals surface area contributed by atoms with Crippen LogP contribution in [0.1, 0.15) is 219 Å². The van der Waals surface area contributed by atoms with E-state index in [1.54, 1.807) is 0 Å². The van der Waals surface area contributed by atoms with Gasteiger partial charge in [-0.15, -0.1) is 0 Å². The van der Waals surface area contributed by atoms with E-state index >= 15 is 0 Å². The molecule has 1 fully saturated rings. The molecule has 1 aliphatic heterocycles. The van der Waals surface area contributed by atoms with E-state index in [0.717, 1.165) is 57.8 Å². The molecule has 8 atom stereocenters. The summed E-state index contributed by atoms with van der Waals surface area (Å²) < 4.78 is 47.6. The maximum atomic E-state index is 13.1. The van der Waals surface area contributed by atoms with Crippen LogP contribution < -0.4 is 5.32 Å². The SMILES string of the molecule is CCCCCCCCCCCC/C=C\CCCCCCCCC(O)C(=O)NC(COC1OC(CO)C(O)C(OS(=O)(=O)O)C1O)C(O)/C=C/CCCCCCCCCCCCCC. The molecular weight excluding hydrogens is 827 g/mol. The third-order valence-corrected chi connectivity index (χ3v) is 12.5. The van der Waals surface area contributed by atoms with Gasteiger partial charge in [0.05, 0.1) is 25.4 Å². The number of carbonyl (C=O) groups is 1. The zero-order chi connectivity index (χ0) is 46.4. The number of aliphatic hydroxyl groups is 5. The Labute approximate surface area is 383 Å². The van der Waals surface area contributed by atoms with Gasteiger partial charge in [-0.3, -0.25) is 9.35 Å². The number of ether oxygens (including phenoxy) is 2. The van der Waals surface area contributed by atoms with E-state index in [1.165, 1.54) is 134 Å². The Bertz CT molecular complexity index is 1240. The van der Waals surface area contributed by atoms with E-state index in [-0.39, 0.29) is 6.42 Å². The second kappa shape index (κ2) is 39.7. The molecule has 1 saturated heterocycles. The molecule has 0 aromatic heterocycles. The van der Waals surface area contributed by atoms with Gasteiger partial charge in [0.2, 0.25) is 5.91 Å². The number of amides is 1. The van der Waals surface area contributed by atoms with E-state index in [2.05, 4.69) is 35.5 Å². The number of hydrogen-bond donors (Lipinski definition) is 7. The number of rotatable bonds is 43. The van der Waals surface area contributed by atoms with E-state index in [1.807, 2.05) is 6.08 Å². The second-order valence-corrected chi connectivity index (χ2v) is 18.9. The van der Waals surface area contributed by atoms with Crippen LogP contribution in [-0.4, -0.2) is 107 Å². The third-order valence-electron chi connectivity index (χ3n) is 12.1. The molecule has 1 amide bonds. The van der Waals surface area contributed by atoms with Crippen molar-refractivity contribution in [1.29, 1.82) is 0 Å². The molecule has 372 valence electrons. The van der Waals surface area contributed by atoms with Gasteiger partial charge < -0.3 is 40.3 Å². The lowest BCUT2D eigenvalue weighted by Crippen LogP contribution is -2.61. The molecule has 8 unspecified atom stereocenters. The van der Waals surface area contributed by atoms with E-state index in [4.69, 9.17) is 9.47 Å². The first kappa shape index (κ1) is 59.6. The van der Waals surface area contributed by atoms with Gasteiger partial charge in [-0.2, -0.15) is 8.42 Å². The average molecular weight is 920 g/mol. The van der Waals surface area contributed by atoms with Crippen molar-refractivity contribution < 1.29 is 57.0 Å². The summed E-state index contributed by atoms with van der Waals surface area (Å²) in [7, 11) is -5.12. The summed E-state index contributed by atoms with van der Waals surface area (Å²) in [5, 5.41) is 55.3. The van der Waals surface area contributed by atoms with Crippen molar-refractivity contribution in [3.8, 4) is 0 Å². The quantitative estimate of drug-likeness (QED) is 0.0173. The highest BCUT2D eigenvalue weighted by Gasteiger charge is 2.48. The summed E-state index contributed by atoms with van der Waals surface area (Å²) >= 11 is 0. The van der Waals surface area contributed by atoms with Crippen molar-refractivity contribution in [2.24, 2.45) is 0 Å². The maximum absolute atomic E-state index is 13.1. The summed E-state index contributed by atoms with van der Waals surface area (Å²) in [4.78, 5) is 13.1. The lowest BCUT2D eigenvalue weighted by Gasteiger charge is -2.41. The van der Waals surface area contributed by atoms with Crippen molar-refractivity contribution in [1.82, 2.24) is 5.32 Å². The van der Waals surface area contributed by atoms with Crippen LogP contribution >= 0.6 is 0 Å².